The molecule has 0 spiro atoms. The molecule has 0 aromatic heterocycles. The summed E-state index contributed by atoms with van der Waals surface area (Å²) in [7, 11) is 1.52. The normalized spacial score (nSPS) is 13.2. The quantitative estimate of drug-likeness (QED) is 0.859. The van der Waals surface area contributed by atoms with E-state index < -0.39 is 12.5 Å². The van der Waals surface area contributed by atoms with Gasteiger partial charge in [-0.3, -0.25) is 0 Å². The zero-order valence-corrected chi connectivity index (χ0v) is 10.4. The number of ether oxygens (including phenoxy) is 1. The molecule has 0 amide bonds. The van der Waals surface area contributed by atoms with E-state index in [-0.39, 0.29) is 6.42 Å². The van der Waals surface area contributed by atoms with Crippen LogP contribution in [0.5, 0.6) is 5.75 Å². The number of halogens is 2. The molecule has 0 aliphatic rings. The van der Waals surface area contributed by atoms with Crippen molar-refractivity contribution in [3.63, 3.8) is 0 Å². The highest BCUT2D eigenvalue weighted by Gasteiger charge is 2.17. The summed E-state index contributed by atoms with van der Waals surface area (Å²) in [6.07, 6.45) is -2.75. The van der Waals surface area contributed by atoms with Crippen LogP contribution >= 0.6 is 0 Å². The molecule has 0 heterocycles. The van der Waals surface area contributed by atoms with Crippen molar-refractivity contribution in [3.05, 3.63) is 29.3 Å². The van der Waals surface area contributed by atoms with Gasteiger partial charge in [-0.1, -0.05) is 26.0 Å². The molecular weight excluding hydrogens is 224 g/mol. The zero-order valence-electron chi connectivity index (χ0n) is 10.4. The zero-order chi connectivity index (χ0) is 13.0. The van der Waals surface area contributed by atoms with Gasteiger partial charge < -0.3 is 10.5 Å². The van der Waals surface area contributed by atoms with Crippen LogP contribution in [0.3, 0.4) is 0 Å². The average molecular weight is 243 g/mol. The highest BCUT2D eigenvalue weighted by molar-refractivity contribution is 5.40. The lowest BCUT2D eigenvalue weighted by molar-refractivity contribution is 0.128. The minimum Gasteiger partial charge on any atom is -0.496 e. The maximum absolute atomic E-state index is 12.3. The molecule has 0 aliphatic heterocycles. The molecule has 17 heavy (non-hydrogen) atoms. The molecule has 2 N–H and O–H groups in total. The predicted octanol–water partition coefficient (Wildman–Crippen LogP) is 3.47. The van der Waals surface area contributed by atoms with E-state index in [9.17, 15) is 8.78 Å². The first-order chi connectivity index (χ1) is 7.95. The molecule has 1 aromatic carbocycles. The van der Waals surface area contributed by atoms with Crippen LogP contribution in [0.25, 0.3) is 0 Å². The highest BCUT2D eigenvalue weighted by atomic mass is 19.3. The number of nitrogens with two attached hydrogens (primary N) is 1. The number of benzene rings is 1. The molecule has 0 fully saturated rings. The summed E-state index contributed by atoms with van der Waals surface area (Å²) >= 11 is 0. The summed E-state index contributed by atoms with van der Waals surface area (Å²) in [4.78, 5) is 0. The van der Waals surface area contributed by atoms with Gasteiger partial charge in [0, 0.05) is 18.0 Å². The Morgan fingerprint density at radius 2 is 1.94 bits per heavy atom. The van der Waals surface area contributed by atoms with Crippen LogP contribution < -0.4 is 10.5 Å². The Kier molecular flexibility index (Phi) is 4.87. The van der Waals surface area contributed by atoms with Gasteiger partial charge in [0.15, 0.2) is 0 Å². The van der Waals surface area contributed by atoms with Gasteiger partial charge in [-0.15, -0.1) is 0 Å². The Morgan fingerprint density at radius 3 is 2.41 bits per heavy atom. The van der Waals surface area contributed by atoms with Crippen LogP contribution in [0.15, 0.2) is 18.2 Å². The fourth-order valence-corrected chi connectivity index (χ4v) is 1.72. The molecule has 0 saturated carbocycles. The van der Waals surface area contributed by atoms with Crippen LogP contribution in [-0.4, -0.2) is 13.5 Å². The van der Waals surface area contributed by atoms with E-state index >= 15 is 0 Å². The third-order valence-corrected chi connectivity index (χ3v) is 2.75. The van der Waals surface area contributed by atoms with Gasteiger partial charge >= 0.3 is 0 Å². The van der Waals surface area contributed by atoms with Gasteiger partial charge in [-0.25, -0.2) is 8.78 Å². The molecular formula is C13H19F2NO. The Bertz CT molecular complexity index is 366. The summed E-state index contributed by atoms with van der Waals surface area (Å²) in [5.74, 6) is 0.904. The van der Waals surface area contributed by atoms with Crippen molar-refractivity contribution in [1.82, 2.24) is 0 Å². The maximum atomic E-state index is 12.3. The van der Waals surface area contributed by atoms with Crippen LogP contribution in [0.4, 0.5) is 8.78 Å². The fourth-order valence-electron chi connectivity index (χ4n) is 1.72. The second kappa shape index (κ2) is 5.96. The van der Waals surface area contributed by atoms with E-state index in [1.165, 1.54) is 7.11 Å². The second-order valence-electron chi connectivity index (χ2n) is 4.39. The number of rotatable bonds is 5. The SMILES string of the molecule is COc1ccc(C(C)C)cc1[C@@H](N)CC(F)F. The van der Waals surface area contributed by atoms with E-state index in [4.69, 9.17) is 10.5 Å². The lowest BCUT2D eigenvalue weighted by Gasteiger charge is -2.17. The van der Waals surface area contributed by atoms with Crippen molar-refractivity contribution >= 4 is 0 Å². The Balaban J connectivity index is 3.05. The van der Waals surface area contributed by atoms with Crippen LogP contribution in [-0.2, 0) is 0 Å². The second-order valence-corrected chi connectivity index (χ2v) is 4.39. The average Bonchev–Trinajstić information content (AvgIpc) is 2.27. The minimum absolute atomic E-state index is 0.332. The third kappa shape index (κ3) is 3.66. The van der Waals surface area contributed by atoms with Gasteiger partial charge in [0.2, 0.25) is 6.43 Å². The Morgan fingerprint density at radius 1 is 1.29 bits per heavy atom. The van der Waals surface area contributed by atoms with Gasteiger partial charge in [0.05, 0.1) is 7.11 Å². The first-order valence-electron chi connectivity index (χ1n) is 5.67. The van der Waals surface area contributed by atoms with E-state index in [0.717, 1.165) is 5.56 Å². The summed E-state index contributed by atoms with van der Waals surface area (Å²) in [6.45, 7) is 4.09. The number of methoxy groups -OCH3 is 1. The van der Waals surface area contributed by atoms with E-state index in [1.54, 1.807) is 6.07 Å². The molecule has 1 rings (SSSR count). The van der Waals surface area contributed by atoms with Crippen molar-refractivity contribution < 1.29 is 13.5 Å². The van der Waals surface area contributed by atoms with Crippen molar-refractivity contribution in [2.24, 2.45) is 5.73 Å². The van der Waals surface area contributed by atoms with E-state index in [0.29, 0.717) is 17.2 Å². The van der Waals surface area contributed by atoms with E-state index in [2.05, 4.69) is 0 Å². The maximum Gasteiger partial charge on any atom is 0.240 e. The molecule has 1 aromatic rings. The van der Waals surface area contributed by atoms with Gasteiger partial charge in [0.25, 0.3) is 0 Å². The van der Waals surface area contributed by atoms with E-state index in [1.807, 2.05) is 26.0 Å². The molecule has 2 nitrogen and oxygen atoms in total. The van der Waals surface area contributed by atoms with Crippen molar-refractivity contribution in [3.8, 4) is 5.75 Å². The summed E-state index contributed by atoms with van der Waals surface area (Å²) in [6, 6.07) is 4.89. The lowest BCUT2D eigenvalue weighted by Crippen LogP contribution is -2.15. The number of alkyl halides is 2. The Hall–Kier alpha value is -1.16. The number of hydrogen-bond donors (Lipinski definition) is 1. The molecule has 0 saturated heterocycles. The van der Waals surface area contributed by atoms with Crippen LogP contribution in [0.1, 0.15) is 43.4 Å². The van der Waals surface area contributed by atoms with Crippen molar-refractivity contribution in [2.45, 2.75) is 38.7 Å². The molecule has 0 bridgehead atoms. The van der Waals surface area contributed by atoms with Crippen molar-refractivity contribution in [2.75, 3.05) is 7.11 Å². The molecule has 4 heteroatoms. The third-order valence-electron chi connectivity index (χ3n) is 2.75. The van der Waals surface area contributed by atoms with Crippen LogP contribution in [0.2, 0.25) is 0 Å². The highest BCUT2D eigenvalue weighted by Crippen LogP contribution is 2.30. The topological polar surface area (TPSA) is 35.2 Å². The summed E-state index contributed by atoms with van der Waals surface area (Å²) in [5, 5.41) is 0. The molecule has 0 aliphatic carbocycles. The predicted molar refractivity (Wildman–Crippen MR) is 64.6 cm³/mol. The molecule has 96 valence electrons. The lowest BCUT2D eigenvalue weighted by atomic mass is 9.96. The smallest absolute Gasteiger partial charge is 0.240 e. The molecule has 0 unspecified atom stereocenters. The summed E-state index contributed by atoms with van der Waals surface area (Å²) < 4.78 is 29.8. The fraction of sp³-hybridized carbons (Fsp3) is 0.538. The first kappa shape index (κ1) is 13.9. The molecule has 0 radical (unpaired) electrons. The largest absolute Gasteiger partial charge is 0.496 e. The minimum atomic E-state index is -2.41. The standard InChI is InChI=1S/C13H19F2NO/c1-8(2)9-4-5-12(17-3)10(6-9)11(16)7-13(14)15/h4-6,8,11,13H,7,16H2,1-3H3/t11-/m0/s1. The Labute approximate surface area is 101 Å². The van der Waals surface area contributed by atoms with Gasteiger partial charge in [-0.2, -0.15) is 0 Å². The monoisotopic (exact) mass is 243 g/mol. The van der Waals surface area contributed by atoms with Gasteiger partial charge in [-0.05, 0) is 17.5 Å². The first-order valence-corrected chi connectivity index (χ1v) is 5.67. The van der Waals surface area contributed by atoms with Gasteiger partial charge in [0.1, 0.15) is 5.75 Å². The summed E-state index contributed by atoms with van der Waals surface area (Å²) in [5.41, 5.74) is 7.51. The number of hydrogen-bond acceptors (Lipinski definition) is 2. The van der Waals surface area contributed by atoms with Crippen molar-refractivity contribution in [1.29, 1.82) is 0 Å². The van der Waals surface area contributed by atoms with Crippen LogP contribution in [0, 0.1) is 0 Å². The molecule has 1 atom stereocenters.